The second-order valence-electron chi connectivity index (χ2n) is 7.48. The fourth-order valence-electron chi connectivity index (χ4n) is 3.06. The van der Waals surface area contributed by atoms with Gasteiger partial charge in [-0.05, 0) is 49.1 Å². The fourth-order valence-corrected chi connectivity index (χ4v) is 3.06. The number of hydrogen-bond donors (Lipinski definition) is 1. The lowest BCUT2D eigenvalue weighted by Crippen LogP contribution is -2.34. The summed E-state index contributed by atoms with van der Waals surface area (Å²) in [7, 11) is 1.99. The van der Waals surface area contributed by atoms with Gasteiger partial charge >= 0.3 is 0 Å². The van der Waals surface area contributed by atoms with E-state index in [-0.39, 0.29) is 0 Å². The summed E-state index contributed by atoms with van der Waals surface area (Å²) in [6.45, 7) is 12.7. The number of nitrogens with one attached hydrogen (secondary N) is 1. The maximum absolute atomic E-state index is 4.28. The standard InChI is InChI=1S/C17H33N3/c1-7-8-18-16(9-14(2)11-17(3,4)5)10-15-12-19-20(6)13-15/h12-14,16,18H,7-11H2,1-6H3. The minimum Gasteiger partial charge on any atom is -0.314 e. The van der Waals surface area contributed by atoms with Gasteiger partial charge in [0, 0.05) is 19.3 Å². The topological polar surface area (TPSA) is 29.9 Å². The Morgan fingerprint density at radius 3 is 2.55 bits per heavy atom. The summed E-state index contributed by atoms with van der Waals surface area (Å²) < 4.78 is 1.89. The summed E-state index contributed by atoms with van der Waals surface area (Å²) in [5.41, 5.74) is 1.76. The van der Waals surface area contributed by atoms with Crippen molar-refractivity contribution in [1.82, 2.24) is 15.1 Å². The summed E-state index contributed by atoms with van der Waals surface area (Å²) in [6.07, 6.45) is 8.93. The van der Waals surface area contributed by atoms with Crippen molar-refractivity contribution in [1.29, 1.82) is 0 Å². The maximum Gasteiger partial charge on any atom is 0.0522 e. The highest BCUT2D eigenvalue weighted by Gasteiger charge is 2.19. The molecule has 1 aromatic rings. The minimum absolute atomic E-state index is 0.420. The molecular formula is C17H33N3. The summed E-state index contributed by atoms with van der Waals surface area (Å²) in [5, 5.41) is 7.98. The summed E-state index contributed by atoms with van der Waals surface area (Å²) >= 11 is 0. The molecular weight excluding hydrogens is 246 g/mol. The van der Waals surface area contributed by atoms with Gasteiger partial charge in [0.1, 0.15) is 0 Å². The fraction of sp³-hybridized carbons (Fsp3) is 0.824. The minimum atomic E-state index is 0.420. The van der Waals surface area contributed by atoms with Crippen LogP contribution in [0.5, 0.6) is 0 Å². The Morgan fingerprint density at radius 2 is 2.05 bits per heavy atom. The summed E-state index contributed by atoms with van der Waals surface area (Å²) in [4.78, 5) is 0. The highest BCUT2D eigenvalue weighted by atomic mass is 15.2. The molecule has 20 heavy (non-hydrogen) atoms. The molecule has 0 saturated heterocycles. The number of hydrogen-bond acceptors (Lipinski definition) is 2. The van der Waals surface area contributed by atoms with Crippen LogP contribution in [0.15, 0.2) is 12.4 Å². The van der Waals surface area contributed by atoms with Crippen LogP contribution in [0.3, 0.4) is 0 Å². The smallest absolute Gasteiger partial charge is 0.0522 e. The van der Waals surface area contributed by atoms with Gasteiger partial charge < -0.3 is 5.32 Å². The SMILES string of the molecule is CCCNC(Cc1cnn(C)c1)CC(C)CC(C)(C)C. The van der Waals surface area contributed by atoms with Crippen LogP contribution in [0.4, 0.5) is 0 Å². The zero-order valence-electron chi connectivity index (χ0n) is 14.2. The van der Waals surface area contributed by atoms with Gasteiger partial charge in [-0.1, -0.05) is 34.6 Å². The first-order valence-corrected chi connectivity index (χ1v) is 8.01. The van der Waals surface area contributed by atoms with Crippen molar-refractivity contribution < 1.29 is 0 Å². The van der Waals surface area contributed by atoms with E-state index in [4.69, 9.17) is 0 Å². The Morgan fingerprint density at radius 1 is 1.35 bits per heavy atom. The Balaban J connectivity index is 2.54. The van der Waals surface area contributed by atoms with Crippen LogP contribution in [0, 0.1) is 11.3 Å². The highest BCUT2D eigenvalue weighted by molar-refractivity contribution is 5.06. The molecule has 3 nitrogen and oxygen atoms in total. The predicted molar refractivity (Wildman–Crippen MR) is 86.8 cm³/mol. The molecule has 3 heteroatoms. The second kappa shape index (κ2) is 7.82. The Kier molecular flexibility index (Phi) is 6.74. The lowest BCUT2D eigenvalue weighted by molar-refractivity contribution is 0.274. The number of nitrogens with zero attached hydrogens (tertiary/aromatic N) is 2. The van der Waals surface area contributed by atoms with Gasteiger partial charge in [0.2, 0.25) is 0 Å². The molecule has 2 atom stereocenters. The van der Waals surface area contributed by atoms with Crippen LogP contribution in [0.25, 0.3) is 0 Å². The molecule has 1 N–H and O–H groups in total. The third-order valence-electron chi connectivity index (χ3n) is 3.57. The second-order valence-corrected chi connectivity index (χ2v) is 7.48. The van der Waals surface area contributed by atoms with Crippen molar-refractivity contribution in [3.63, 3.8) is 0 Å². The third kappa shape index (κ3) is 7.09. The molecule has 0 bridgehead atoms. The van der Waals surface area contributed by atoms with E-state index in [0.29, 0.717) is 11.5 Å². The third-order valence-corrected chi connectivity index (χ3v) is 3.57. The molecule has 0 aromatic carbocycles. The van der Waals surface area contributed by atoms with E-state index in [2.05, 4.69) is 51.2 Å². The molecule has 116 valence electrons. The van der Waals surface area contributed by atoms with Crippen LogP contribution in [0.2, 0.25) is 0 Å². The first-order valence-electron chi connectivity index (χ1n) is 8.01. The van der Waals surface area contributed by atoms with Gasteiger partial charge in [0.25, 0.3) is 0 Å². The molecule has 0 aliphatic carbocycles. The van der Waals surface area contributed by atoms with Gasteiger partial charge in [0.05, 0.1) is 6.20 Å². The van der Waals surface area contributed by atoms with E-state index in [1.54, 1.807) is 0 Å². The molecule has 1 rings (SSSR count). The highest BCUT2D eigenvalue weighted by Crippen LogP contribution is 2.27. The van der Waals surface area contributed by atoms with Crippen LogP contribution in [-0.4, -0.2) is 22.4 Å². The van der Waals surface area contributed by atoms with E-state index in [9.17, 15) is 0 Å². The maximum atomic E-state index is 4.28. The van der Waals surface area contributed by atoms with Gasteiger partial charge in [-0.2, -0.15) is 5.10 Å². The monoisotopic (exact) mass is 279 g/mol. The molecule has 1 heterocycles. The lowest BCUT2D eigenvalue weighted by atomic mass is 9.82. The van der Waals surface area contributed by atoms with Crippen LogP contribution in [-0.2, 0) is 13.5 Å². The molecule has 0 amide bonds. The molecule has 0 aliphatic rings. The van der Waals surface area contributed by atoms with Crippen molar-refractivity contribution in [2.45, 2.75) is 66.3 Å². The quantitative estimate of drug-likeness (QED) is 0.784. The van der Waals surface area contributed by atoms with Crippen LogP contribution in [0.1, 0.15) is 59.4 Å². The normalized spacial score (nSPS) is 15.3. The number of aromatic nitrogens is 2. The Hall–Kier alpha value is -0.830. The van der Waals surface area contributed by atoms with Gasteiger partial charge in [-0.15, -0.1) is 0 Å². The summed E-state index contributed by atoms with van der Waals surface area (Å²) in [5.74, 6) is 0.751. The molecule has 0 fully saturated rings. The van der Waals surface area contributed by atoms with E-state index in [1.165, 1.54) is 24.8 Å². The van der Waals surface area contributed by atoms with Gasteiger partial charge in [-0.25, -0.2) is 0 Å². The van der Waals surface area contributed by atoms with E-state index in [0.717, 1.165) is 18.9 Å². The molecule has 2 unspecified atom stereocenters. The van der Waals surface area contributed by atoms with Gasteiger partial charge in [-0.3, -0.25) is 4.68 Å². The first-order chi connectivity index (χ1) is 9.30. The van der Waals surface area contributed by atoms with Crippen LogP contribution >= 0.6 is 0 Å². The lowest BCUT2D eigenvalue weighted by Gasteiger charge is -2.27. The molecule has 0 aliphatic heterocycles. The molecule has 0 spiro atoms. The predicted octanol–water partition coefficient (Wildman–Crippen LogP) is 3.79. The zero-order chi connectivity index (χ0) is 15.2. The van der Waals surface area contributed by atoms with E-state index < -0.39 is 0 Å². The van der Waals surface area contributed by atoms with Gasteiger partial charge in [0.15, 0.2) is 0 Å². The molecule has 1 aromatic heterocycles. The van der Waals surface area contributed by atoms with Crippen molar-refractivity contribution >= 4 is 0 Å². The Bertz CT molecular complexity index is 376. The number of rotatable bonds is 8. The first kappa shape index (κ1) is 17.2. The van der Waals surface area contributed by atoms with Crippen LogP contribution < -0.4 is 5.32 Å². The average Bonchev–Trinajstić information content (AvgIpc) is 2.69. The summed E-state index contributed by atoms with van der Waals surface area (Å²) in [6, 6.07) is 0.566. The average molecular weight is 279 g/mol. The Labute approximate surface area is 125 Å². The van der Waals surface area contributed by atoms with Crippen molar-refractivity contribution in [2.24, 2.45) is 18.4 Å². The van der Waals surface area contributed by atoms with Crippen molar-refractivity contribution in [3.05, 3.63) is 18.0 Å². The number of aryl methyl sites for hydroxylation is 1. The molecule has 0 radical (unpaired) electrons. The van der Waals surface area contributed by atoms with E-state index >= 15 is 0 Å². The van der Waals surface area contributed by atoms with Crippen molar-refractivity contribution in [3.8, 4) is 0 Å². The zero-order valence-corrected chi connectivity index (χ0v) is 14.2. The van der Waals surface area contributed by atoms with E-state index in [1.807, 2.05) is 17.9 Å². The van der Waals surface area contributed by atoms with Crippen molar-refractivity contribution in [2.75, 3.05) is 6.54 Å². The molecule has 0 saturated carbocycles. The largest absolute Gasteiger partial charge is 0.314 e.